The van der Waals surface area contributed by atoms with E-state index in [0.717, 1.165) is 22.4 Å². The number of rotatable bonds is 10. The van der Waals surface area contributed by atoms with Crippen LogP contribution in [0.4, 0.5) is 16.2 Å². The highest BCUT2D eigenvalue weighted by atomic mass is 79.9. The summed E-state index contributed by atoms with van der Waals surface area (Å²) >= 11 is 3.42. The van der Waals surface area contributed by atoms with Gasteiger partial charge in [0, 0.05) is 11.8 Å². The molecule has 4 rings (SSSR count). The van der Waals surface area contributed by atoms with Crippen molar-refractivity contribution in [2.24, 2.45) is 0 Å². The fourth-order valence-electron chi connectivity index (χ4n) is 4.13. The molecule has 10 nitrogen and oxygen atoms in total. The Hall–Kier alpha value is -4.64. The molecule has 2 N–H and O–H groups in total. The maximum absolute atomic E-state index is 13.4. The van der Waals surface area contributed by atoms with Gasteiger partial charge in [-0.3, -0.25) is 19.7 Å². The lowest BCUT2D eigenvalue weighted by molar-refractivity contribution is -0.122. The van der Waals surface area contributed by atoms with Gasteiger partial charge in [-0.25, -0.2) is 9.69 Å². The van der Waals surface area contributed by atoms with E-state index in [9.17, 15) is 19.2 Å². The Morgan fingerprint density at radius 3 is 2.48 bits per heavy atom. The van der Waals surface area contributed by atoms with Crippen LogP contribution in [-0.2, 0) is 14.4 Å². The third-order valence-electron chi connectivity index (χ3n) is 6.47. The van der Waals surface area contributed by atoms with Crippen molar-refractivity contribution in [3.63, 3.8) is 0 Å². The number of anilines is 2. The maximum Gasteiger partial charge on any atom is 0.335 e. The van der Waals surface area contributed by atoms with Gasteiger partial charge in [0.25, 0.3) is 17.7 Å². The van der Waals surface area contributed by atoms with Crippen molar-refractivity contribution in [3.8, 4) is 17.2 Å². The summed E-state index contributed by atoms with van der Waals surface area (Å²) in [6.45, 7) is 6.11. The smallest absolute Gasteiger partial charge is 0.335 e. The number of methoxy groups -OCH3 is 1. The number of aryl methyl sites for hydroxylation is 1. The lowest BCUT2D eigenvalue weighted by atomic mass is 10.1. The molecule has 1 saturated heterocycles. The molecule has 0 atom stereocenters. The van der Waals surface area contributed by atoms with Gasteiger partial charge >= 0.3 is 6.03 Å². The molecule has 42 heavy (non-hydrogen) atoms. The SMILES string of the molecule is CCCOc1ccc(N2C(=O)NC(=O)/C(=C/c3ccc(OCC(=O)Nc4cccc(C)c4C)c(Br)c3)C2=O)cc1OC. The highest BCUT2D eigenvalue weighted by Gasteiger charge is 2.37. The number of hydrogen-bond acceptors (Lipinski definition) is 7. The van der Waals surface area contributed by atoms with E-state index in [1.165, 1.54) is 25.3 Å². The molecule has 5 amide bonds. The fraction of sp³-hybridized carbons (Fsp3) is 0.226. The van der Waals surface area contributed by atoms with Crippen LogP contribution in [0.3, 0.4) is 0 Å². The average molecular weight is 636 g/mol. The first-order chi connectivity index (χ1) is 20.1. The molecule has 218 valence electrons. The second-order valence-corrected chi connectivity index (χ2v) is 10.3. The first kappa shape index (κ1) is 30.3. The number of nitrogens with one attached hydrogen (secondary N) is 2. The Kier molecular flexibility index (Phi) is 9.64. The van der Waals surface area contributed by atoms with Gasteiger partial charge in [-0.2, -0.15) is 0 Å². The van der Waals surface area contributed by atoms with Gasteiger partial charge in [-0.05, 0) is 89.3 Å². The fourth-order valence-corrected chi connectivity index (χ4v) is 4.64. The van der Waals surface area contributed by atoms with Gasteiger partial charge in [0.15, 0.2) is 18.1 Å². The van der Waals surface area contributed by atoms with Gasteiger partial charge < -0.3 is 19.5 Å². The summed E-state index contributed by atoms with van der Waals surface area (Å²) in [5.74, 6) is -0.747. The number of amides is 5. The quantitative estimate of drug-likeness (QED) is 0.221. The number of ether oxygens (including phenoxy) is 3. The zero-order chi connectivity index (χ0) is 30.4. The van der Waals surface area contributed by atoms with Gasteiger partial charge in [0.05, 0.1) is 23.9 Å². The van der Waals surface area contributed by atoms with Crippen molar-refractivity contribution in [3.05, 3.63) is 81.3 Å². The van der Waals surface area contributed by atoms with E-state index in [0.29, 0.717) is 39.6 Å². The number of urea groups is 1. The number of imide groups is 2. The van der Waals surface area contributed by atoms with Crippen molar-refractivity contribution in [1.82, 2.24) is 5.32 Å². The summed E-state index contributed by atoms with van der Waals surface area (Å²) in [6, 6.07) is 14.3. The Morgan fingerprint density at radius 2 is 1.76 bits per heavy atom. The van der Waals surface area contributed by atoms with Crippen LogP contribution in [0.25, 0.3) is 6.08 Å². The van der Waals surface area contributed by atoms with Crippen LogP contribution in [0.1, 0.15) is 30.0 Å². The van der Waals surface area contributed by atoms with Crippen molar-refractivity contribution >= 4 is 57.1 Å². The highest BCUT2D eigenvalue weighted by Crippen LogP contribution is 2.34. The van der Waals surface area contributed by atoms with Crippen LogP contribution in [0.15, 0.2) is 64.6 Å². The summed E-state index contributed by atoms with van der Waals surface area (Å²) in [5.41, 5.74) is 3.21. The Morgan fingerprint density at radius 1 is 1.00 bits per heavy atom. The van der Waals surface area contributed by atoms with Crippen LogP contribution in [0.2, 0.25) is 0 Å². The van der Waals surface area contributed by atoms with Gasteiger partial charge in [-0.1, -0.05) is 25.1 Å². The number of carbonyl (C=O) groups excluding carboxylic acids is 4. The molecular weight excluding hydrogens is 606 g/mol. The first-order valence-electron chi connectivity index (χ1n) is 13.1. The molecule has 0 spiro atoms. The number of carbonyl (C=O) groups is 4. The first-order valence-corrected chi connectivity index (χ1v) is 13.9. The van der Waals surface area contributed by atoms with E-state index in [4.69, 9.17) is 14.2 Å². The normalized spacial score (nSPS) is 14.1. The Labute approximate surface area is 251 Å². The van der Waals surface area contributed by atoms with Gasteiger partial charge in [0.2, 0.25) is 0 Å². The summed E-state index contributed by atoms with van der Waals surface area (Å²) < 4.78 is 17.2. The molecule has 1 heterocycles. The Balaban J connectivity index is 1.49. The van der Waals surface area contributed by atoms with Crippen LogP contribution in [-0.4, -0.2) is 44.1 Å². The van der Waals surface area contributed by atoms with Gasteiger partial charge in [-0.15, -0.1) is 0 Å². The monoisotopic (exact) mass is 635 g/mol. The highest BCUT2D eigenvalue weighted by molar-refractivity contribution is 9.10. The maximum atomic E-state index is 13.4. The standard InChI is InChI=1S/C31H30BrN3O7/c1-5-13-41-26-12-10-21(16-27(26)40-4)35-30(38)22(29(37)34-31(35)39)14-20-9-11-25(23(32)15-20)42-17-28(36)33-24-8-6-7-18(2)19(24)3/h6-12,14-16H,5,13,17H2,1-4H3,(H,33,36)(H,34,37,39)/b22-14-. The van der Waals surface area contributed by atoms with Crippen molar-refractivity contribution in [2.45, 2.75) is 27.2 Å². The summed E-state index contributed by atoms with van der Waals surface area (Å²) in [7, 11) is 1.45. The summed E-state index contributed by atoms with van der Waals surface area (Å²) in [5, 5.41) is 5.05. The minimum Gasteiger partial charge on any atom is -0.493 e. The minimum atomic E-state index is -0.879. The third-order valence-corrected chi connectivity index (χ3v) is 7.09. The van der Waals surface area contributed by atoms with E-state index < -0.39 is 17.8 Å². The van der Waals surface area contributed by atoms with E-state index in [1.807, 2.05) is 39.0 Å². The number of halogens is 1. The van der Waals surface area contributed by atoms with Crippen molar-refractivity contribution in [1.29, 1.82) is 0 Å². The predicted molar refractivity (Wildman–Crippen MR) is 162 cm³/mol. The molecule has 0 aliphatic carbocycles. The molecule has 11 heteroatoms. The molecule has 1 aliphatic rings. The summed E-state index contributed by atoms with van der Waals surface area (Å²) in [6.07, 6.45) is 2.16. The number of hydrogen-bond donors (Lipinski definition) is 2. The van der Waals surface area contributed by atoms with E-state index >= 15 is 0 Å². The van der Waals surface area contributed by atoms with Crippen LogP contribution >= 0.6 is 15.9 Å². The van der Waals surface area contributed by atoms with Crippen LogP contribution in [0.5, 0.6) is 17.2 Å². The average Bonchev–Trinajstić information content (AvgIpc) is 2.96. The zero-order valence-corrected chi connectivity index (χ0v) is 25.2. The molecule has 0 saturated carbocycles. The largest absolute Gasteiger partial charge is 0.493 e. The van der Waals surface area contributed by atoms with Crippen LogP contribution < -0.4 is 29.7 Å². The van der Waals surface area contributed by atoms with E-state index in [2.05, 4.69) is 26.6 Å². The molecule has 3 aromatic rings. The molecular formula is C31H30BrN3O7. The lowest BCUT2D eigenvalue weighted by Gasteiger charge is -2.27. The second kappa shape index (κ2) is 13.3. The van der Waals surface area contributed by atoms with Crippen molar-refractivity contribution < 1.29 is 33.4 Å². The van der Waals surface area contributed by atoms with E-state index in [-0.39, 0.29) is 23.8 Å². The lowest BCUT2D eigenvalue weighted by Crippen LogP contribution is -2.54. The zero-order valence-electron chi connectivity index (χ0n) is 23.6. The molecule has 1 fully saturated rings. The Bertz CT molecular complexity index is 1580. The minimum absolute atomic E-state index is 0.209. The molecule has 0 unspecified atom stereocenters. The molecule has 0 bridgehead atoms. The summed E-state index contributed by atoms with van der Waals surface area (Å²) in [4.78, 5) is 52.0. The number of nitrogens with zero attached hydrogens (tertiary/aromatic N) is 1. The number of barbiturate groups is 1. The van der Waals surface area contributed by atoms with Crippen LogP contribution in [0, 0.1) is 13.8 Å². The van der Waals surface area contributed by atoms with Crippen molar-refractivity contribution in [2.75, 3.05) is 30.5 Å². The molecule has 0 aromatic heterocycles. The molecule has 0 radical (unpaired) electrons. The topological polar surface area (TPSA) is 123 Å². The molecule has 1 aliphatic heterocycles. The molecule has 3 aromatic carbocycles. The third kappa shape index (κ3) is 6.80. The second-order valence-electron chi connectivity index (χ2n) is 9.42. The van der Waals surface area contributed by atoms with E-state index in [1.54, 1.807) is 24.3 Å². The predicted octanol–water partition coefficient (Wildman–Crippen LogP) is 5.55. The van der Waals surface area contributed by atoms with Gasteiger partial charge in [0.1, 0.15) is 11.3 Å². The number of benzene rings is 3.